The van der Waals surface area contributed by atoms with Gasteiger partial charge in [-0.3, -0.25) is 4.79 Å². The lowest BCUT2D eigenvalue weighted by atomic mass is 9.94. The van der Waals surface area contributed by atoms with Gasteiger partial charge in [0.05, 0.1) is 5.02 Å². The summed E-state index contributed by atoms with van der Waals surface area (Å²) in [6.45, 7) is 1.91. The van der Waals surface area contributed by atoms with Gasteiger partial charge in [0, 0.05) is 6.54 Å². The van der Waals surface area contributed by atoms with Crippen molar-refractivity contribution in [2.24, 2.45) is 5.92 Å². The molecule has 2 unspecified atom stereocenters. The van der Waals surface area contributed by atoms with Crippen LogP contribution in [0.4, 0.5) is 4.39 Å². The van der Waals surface area contributed by atoms with E-state index in [2.05, 4.69) is 0 Å². The van der Waals surface area contributed by atoms with Crippen LogP contribution < -0.4 is 0 Å². The molecule has 1 saturated heterocycles. The van der Waals surface area contributed by atoms with Crippen LogP contribution in [-0.2, 0) is 14.8 Å². The summed E-state index contributed by atoms with van der Waals surface area (Å²) in [4.78, 5) is 10.7. The van der Waals surface area contributed by atoms with E-state index in [9.17, 15) is 22.7 Å². The van der Waals surface area contributed by atoms with Crippen molar-refractivity contribution in [3.8, 4) is 0 Å². The summed E-state index contributed by atoms with van der Waals surface area (Å²) < 4.78 is 39.9. The average Bonchev–Trinajstić information content (AvgIpc) is 2.41. The number of piperidine rings is 1. The molecule has 1 N–H and O–H groups in total. The first kappa shape index (κ1) is 16.2. The van der Waals surface area contributed by atoms with Crippen LogP contribution in [0.3, 0.4) is 0 Å². The lowest BCUT2D eigenvalue weighted by Crippen LogP contribution is -2.49. The predicted molar refractivity (Wildman–Crippen MR) is 75.1 cm³/mol. The minimum absolute atomic E-state index is 0.0480. The Bertz CT molecular complexity index is 664. The molecule has 1 aliphatic rings. The van der Waals surface area contributed by atoms with Gasteiger partial charge in [-0.2, -0.15) is 4.31 Å². The molecule has 1 aromatic carbocycles. The number of nitrogens with zero attached hydrogens (tertiary/aromatic N) is 1. The van der Waals surface area contributed by atoms with Gasteiger partial charge in [-0.05, 0) is 30.9 Å². The summed E-state index contributed by atoms with van der Waals surface area (Å²) >= 11 is 5.61. The number of benzene rings is 1. The Morgan fingerprint density at radius 2 is 2.14 bits per heavy atom. The first-order valence-electron chi connectivity index (χ1n) is 6.43. The largest absolute Gasteiger partial charge is 0.480 e. The van der Waals surface area contributed by atoms with E-state index in [1.807, 2.05) is 6.92 Å². The van der Waals surface area contributed by atoms with Crippen molar-refractivity contribution in [1.29, 1.82) is 0 Å². The van der Waals surface area contributed by atoms with Crippen LogP contribution in [0.2, 0.25) is 5.02 Å². The van der Waals surface area contributed by atoms with E-state index in [0.717, 1.165) is 10.4 Å². The molecule has 0 aliphatic carbocycles. The average molecular weight is 336 g/mol. The van der Waals surface area contributed by atoms with Crippen molar-refractivity contribution in [2.75, 3.05) is 6.54 Å². The van der Waals surface area contributed by atoms with Gasteiger partial charge in [-0.25, -0.2) is 12.8 Å². The Hall–Kier alpha value is -1.18. The van der Waals surface area contributed by atoms with E-state index in [1.165, 1.54) is 12.1 Å². The van der Waals surface area contributed by atoms with Crippen molar-refractivity contribution >= 4 is 27.6 Å². The molecule has 0 spiro atoms. The Morgan fingerprint density at radius 1 is 1.48 bits per heavy atom. The van der Waals surface area contributed by atoms with Crippen molar-refractivity contribution in [3.05, 3.63) is 29.0 Å². The topological polar surface area (TPSA) is 74.7 Å². The van der Waals surface area contributed by atoms with E-state index < -0.39 is 32.7 Å². The third kappa shape index (κ3) is 3.04. The monoisotopic (exact) mass is 335 g/mol. The van der Waals surface area contributed by atoms with Crippen molar-refractivity contribution in [3.63, 3.8) is 0 Å². The predicted octanol–water partition coefficient (Wildman–Crippen LogP) is 2.35. The zero-order chi connectivity index (χ0) is 15.8. The molecule has 8 heteroatoms. The highest BCUT2D eigenvalue weighted by atomic mass is 35.5. The van der Waals surface area contributed by atoms with Gasteiger partial charge in [0.1, 0.15) is 10.9 Å². The standard InChI is InChI=1S/C13H15ClFNO4S/c1-8-5-6-16(10(7-8)13(17)18)21(19,20)11-4-2-3-9(14)12(11)15/h2-4,8,10H,5-7H2,1H3,(H,17,18). The molecule has 1 fully saturated rings. The van der Waals surface area contributed by atoms with Gasteiger partial charge < -0.3 is 5.11 Å². The maximum Gasteiger partial charge on any atom is 0.322 e. The number of hydrogen-bond donors (Lipinski definition) is 1. The zero-order valence-corrected chi connectivity index (χ0v) is 12.9. The SMILES string of the molecule is CC1CCN(S(=O)(=O)c2cccc(Cl)c2F)C(C(=O)O)C1. The molecule has 2 rings (SSSR count). The van der Waals surface area contributed by atoms with Crippen molar-refractivity contribution in [1.82, 2.24) is 4.31 Å². The molecule has 1 heterocycles. The van der Waals surface area contributed by atoms with Crippen LogP contribution >= 0.6 is 11.6 Å². The highest BCUT2D eigenvalue weighted by molar-refractivity contribution is 7.89. The minimum Gasteiger partial charge on any atom is -0.480 e. The molecule has 0 radical (unpaired) electrons. The molecule has 21 heavy (non-hydrogen) atoms. The molecule has 0 saturated carbocycles. The van der Waals surface area contributed by atoms with Gasteiger partial charge in [-0.15, -0.1) is 0 Å². The summed E-state index contributed by atoms with van der Waals surface area (Å²) in [5.74, 6) is -2.18. The van der Waals surface area contributed by atoms with Crippen LogP contribution in [0.1, 0.15) is 19.8 Å². The van der Waals surface area contributed by atoms with Crippen LogP contribution in [0.5, 0.6) is 0 Å². The summed E-state index contributed by atoms with van der Waals surface area (Å²) in [5.41, 5.74) is 0. The Morgan fingerprint density at radius 3 is 2.76 bits per heavy atom. The minimum atomic E-state index is -4.24. The highest BCUT2D eigenvalue weighted by Crippen LogP contribution is 2.31. The van der Waals surface area contributed by atoms with Crippen LogP contribution in [0.25, 0.3) is 0 Å². The molecular weight excluding hydrogens is 321 g/mol. The van der Waals surface area contributed by atoms with Crippen LogP contribution in [0.15, 0.2) is 23.1 Å². The van der Waals surface area contributed by atoms with Crippen molar-refractivity contribution in [2.45, 2.75) is 30.7 Å². The van der Waals surface area contributed by atoms with Gasteiger partial charge >= 0.3 is 5.97 Å². The Labute approximate surface area is 127 Å². The van der Waals surface area contributed by atoms with E-state index >= 15 is 0 Å². The molecule has 5 nitrogen and oxygen atoms in total. The maximum absolute atomic E-state index is 14.0. The first-order valence-corrected chi connectivity index (χ1v) is 8.25. The van der Waals surface area contributed by atoms with Crippen LogP contribution in [0, 0.1) is 11.7 Å². The molecule has 0 bridgehead atoms. The third-order valence-electron chi connectivity index (χ3n) is 3.60. The van der Waals surface area contributed by atoms with E-state index in [-0.39, 0.29) is 23.9 Å². The van der Waals surface area contributed by atoms with Gasteiger partial charge in [0.15, 0.2) is 5.82 Å². The van der Waals surface area contributed by atoms with E-state index in [4.69, 9.17) is 11.6 Å². The molecule has 0 amide bonds. The number of sulfonamides is 1. The smallest absolute Gasteiger partial charge is 0.322 e. The molecule has 1 aromatic rings. The molecule has 2 atom stereocenters. The lowest BCUT2D eigenvalue weighted by molar-refractivity contribution is -0.143. The molecule has 116 valence electrons. The number of rotatable bonds is 3. The fourth-order valence-corrected chi connectivity index (χ4v) is 4.37. The summed E-state index contributed by atoms with van der Waals surface area (Å²) in [5, 5.41) is 8.92. The first-order chi connectivity index (χ1) is 9.75. The van der Waals surface area contributed by atoms with E-state index in [1.54, 1.807) is 0 Å². The van der Waals surface area contributed by atoms with Gasteiger partial charge in [0.2, 0.25) is 10.0 Å². The third-order valence-corrected chi connectivity index (χ3v) is 5.82. The maximum atomic E-state index is 14.0. The number of aliphatic carboxylic acids is 1. The summed E-state index contributed by atoms with van der Waals surface area (Å²) in [6.07, 6.45) is 0.738. The van der Waals surface area contributed by atoms with Gasteiger partial charge in [0.25, 0.3) is 0 Å². The molecular formula is C13H15ClFNO4S. The quantitative estimate of drug-likeness (QED) is 0.920. The lowest BCUT2D eigenvalue weighted by Gasteiger charge is -2.34. The second kappa shape index (κ2) is 5.90. The Kier molecular flexibility index (Phi) is 4.55. The highest BCUT2D eigenvalue weighted by Gasteiger charge is 2.40. The second-order valence-corrected chi connectivity index (χ2v) is 7.42. The molecule has 0 aromatic heterocycles. The number of hydrogen-bond acceptors (Lipinski definition) is 3. The second-order valence-electron chi connectivity index (χ2n) is 5.15. The normalized spacial score (nSPS) is 24.0. The number of halogens is 2. The summed E-state index contributed by atoms with van der Waals surface area (Å²) in [7, 11) is -4.24. The van der Waals surface area contributed by atoms with Crippen molar-refractivity contribution < 1.29 is 22.7 Å². The van der Waals surface area contributed by atoms with E-state index in [0.29, 0.717) is 6.42 Å². The number of carboxylic acid groups (broad SMARTS) is 1. The Balaban J connectivity index is 2.47. The summed E-state index contributed by atoms with van der Waals surface area (Å²) in [6, 6.07) is 2.47. The fourth-order valence-electron chi connectivity index (χ4n) is 2.44. The molecule has 1 aliphatic heterocycles. The van der Waals surface area contributed by atoms with Gasteiger partial charge in [-0.1, -0.05) is 24.6 Å². The number of carboxylic acids is 1. The number of carbonyl (C=O) groups is 1. The zero-order valence-electron chi connectivity index (χ0n) is 11.3. The fraction of sp³-hybridized carbons (Fsp3) is 0.462. The van der Waals surface area contributed by atoms with Crippen LogP contribution in [-0.4, -0.2) is 36.4 Å².